The molecule has 0 spiro atoms. The minimum Gasteiger partial charge on any atom is -0.453 e. The molecule has 0 fully saturated rings. The van der Waals surface area contributed by atoms with Crippen molar-refractivity contribution in [2.75, 3.05) is 13.7 Å². The number of amides is 3. The fourth-order valence-electron chi connectivity index (χ4n) is 4.58. The van der Waals surface area contributed by atoms with Crippen molar-refractivity contribution in [2.24, 2.45) is 0 Å². The molecule has 0 saturated heterocycles. The first-order chi connectivity index (χ1) is 21.8. The van der Waals surface area contributed by atoms with E-state index in [9.17, 15) is 19.5 Å². The number of aliphatic hydroxyl groups excluding tert-OH is 1. The highest BCUT2D eigenvalue weighted by Gasteiger charge is 2.27. The molecule has 0 aliphatic rings. The zero-order chi connectivity index (χ0) is 32.0. The van der Waals surface area contributed by atoms with Crippen molar-refractivity contribution in [1.29, 1.82) is 0 Å². The maximum Gasteiger partial charge on any atom is 0.409 e. The third kappa shape index (κ3) is 10.4. The van der Waals surface area contributed by atoms with Gasteiger partial charge in [0.1, 0.15) is 12.6 Å². The molecule has 236 valence electrons. The lowest BCUT2D eigenvalue weighted by molar-refractivity contribution is -0.124. The van der Waals surface area contributed by atoms with E-state index in [1.807, 2.05) is 72.8 Å². The number of hydrogen-bond acceptors (Lipinski definition) is 9. The van der Waals surface area contributed by atoms with E-state index in [1.165, 1.54) is 30.3 Å². The summed E-state index contributed by atoms with van der Waals surface area (Å²) in [5.41, 5.74) is 5.22. The fourth-order valence-corrected chi connectivity index (χ4v) is 5.09. The van der Waals surface area contributed by atoms with Crippen LogP contribution in [0.25, 0.3) is 11.3 Å². The molecule has 45 heavy (non-hydrogen) atoms. The maximum absolute atomic E-state index is 13.1. The van der Waals surface area contributed by atoms with Gasteiger partial charge >= 0.3 is 12.2 Å². The number of carbonyl (C=O) groups excluding carboxylic acids is 3. The molecule has 0 aliphatic heterocycles. The molecular weight excluding hydrogens is 594 g/mol. The molecule has 3 atom stereocenters. The first kappa shape index (κ1) is 33.1. The van der Waals surface area contributed by atoms with Crippen molar-refractivity contribution in [3.8, 4) is 11.3 Å². The molecule has 2 aromatic carbocycles. The van der Waals surface area contributed by atoms with E-state index in [0.717, 1.165) is 27.3 Å². The molecule has 3 N–H and O–H groups in total. The van der Waals surface area contributed by atoms with E-state index >= 15 is 0 Å². The van der Waals surface area contributed by atoms with Gasteiger partial charge in [-0.15, -0.1) is 11.3 Å². The summed E-state index contributed by atoms with van der Waals surface area (Å²) in [4.78, 5) is 48.6. The quantitative estimate of drug-likeness (QED) is 0.184. The van der Waals surface area contributed by atoms with Crippen molar-refractivity contribution in [3.63, 3.8) is 0 Å². The van der Waals surface area contributed by atoms with Gasteiger partial charge < -0.3 is 30.1 Å². The van der Waals surface area contributed by atoms with Crippen molar-refractivity contribution in [2.45, 2.75) is 51.1 Å². The molecule has 12 heteroatoms. The predicted octanol–water partition coefficient (Wildman–Crippen LogP) is 4.57. The normalized spacial score (nSPS) is 12.8. The summed E-state index contributed by atoms with van der Waals surface area (Å²) >= 11 is 1.35. The number of pyridine rings is 1. The fraction of sp³-hybridized carbons (Fsp3) is 0.303. The zero-order valence-corrected chi connectivity index (χ0v) is 26.0. The van der Waals surface area contributed by atoms with Gasteiger partial charge in [0.05, 0.1) is 35.3 Å². The van der Waals surface area contributed by atoms with Crippen LogP contribution in [-0.2, 0) is 33.8 Å². The van der Waals surface area contributed by atoms with Gasteiger partial charge in [0, 0.05) is 31.0 Å². The lowest BCUT2D eigenvalue weighted by atomic mass is 9.98. The first-order valence-electron chi connectivity index (χ1n) is 14.5. The third-order valence-corrected chi connectivity index (χ3v) is 7.82. The van der Waals surface area contributed by atoms with Crippen molar-refractivity contribution in [1.82, 2.24) is 25.5 Å². The summed E-state index contributed by atoms with van der Waals surface area (Å²) in [6.07, 6.45) is 1.55. The van der Waals surface area contributed by atoms with E-state index < -0.39 is 36.3 Å². The highest BCUT2D eigenvalue weighted by Crippen LogP contribution is 2.19. The summed E-state index contributed by atoms with van der Waals surface area (Å²) in [5.74, 6) is -0.484. The summed E-state index contributed by atoms with van der Waals surface area (Å²) in [5, 5.41) is 16.7. The van der Waals surface area contributed by atoms with Crippen LogP contribution in [0.2, 0.25) is 0 Å². The molecule has 0 radical (unpaired) electrons. The third-order valence-electron chi connectivity index (χ3n) is 7.06. The smallest absolute Gasteiger partial charge is 0.409 e. The van der Waals surface area contributed by atoms with Gasteiger partial charge in [-0.3, -0.25) is 14.8 Å². The van der Waals surface area contributed by atoms with Crippen molar-refractivity contribution < 1.29 is 29.0 Å². The number of rotatable bonds is 14. The molecule has 2 aromatic heterocycles. The Labute approximate surface area is 266 Å². The number of alkyl carbamates (subject to hydrolysis) is 1. The first-order valence-corrected chi connectivity index (χ1v) is 15.4. The molecule has 0 aliphatic carbocycles. The number of carbonyl (C=O) groups is 3. The van der Waals surface area contributed by atoms with Crippen LogP contribution in [0.15, 0.2) is 90.7 Å². The second-order valence-electron chi connectivity index (χ2n) is 10.4. The van der Waals surface area contributed by atoms with E-state index in [4.69, 9.17) is 9.47 Å². The lowest BCUT2D eigenvalue weighted by Crippen LogP contribution is -2.52. The van der Waals surface area contributed by atoms with Gasteiger partial charge in [-0.25, -0.2) is 9.59 Å². The Kier molecular flexibility index (Phi) is 12.4. The van der Waals surface area contributed by atoms with Crippen LogP contribution >= 0.6 is 11.3 Å². The van der Waals surface area contributed by atoms with Crippen molar-refractivity contribution in [3.05, 3.63) is 107 Å². The van der Waals surface area contributed by atoms with E-state index in [0.29, 0.717) is 6.42 Å². The molecule has 11 nitrogen and oxygen atoms in total. The predicted molar refractivity (Wildman–Crippen MR) is 170 cm³/mol. The molecular formula is C33H37N5O6S. The Morgan fingerprint density at radius 2 is 1.73 bits per heavy atom. The number of ether oxygens (including phenoxy) is 2. The largest absolute Gasteiger partial charge is 0.453 e. The van der Waals surface area contributed by atoms with Gasteiger partial charge in [-0.05, 0) is 43.0 Å². The SMILES string of the molecule is COC(=O)N(CCC(O)C(Cc1ccccc1)NC(=O)[C@H](C)NC(=O)OCc1cncs1)Cc1ccc(-c2ccccn2)cc1. The minimum absolute atomic E-state index is 0.0469. The average molecular weight is 632 g/mol. The Hall–Kier alpha value is -4.81. The number of aliphatic hydroxyl groups is 1. The molecule has 0 bridgehead atoms. The Morgan fingerprint density at radius 3 is 2.40 bits per heavy atom. The minimum atomic E-state index is -1.02. The van der Waals surface area contributed by atoms with Crippen LogP contribution in [-0.4, -0.2) is 69.9 Å². The number of methoxy groups -OCH3 is 1. The lowest BCUT2D eigenvalue weighted by Gasteiger charge is -2.28. The topological polar surface area (TPSA) is 143 Å². The average Bonchev–Trinajstić information content (AvgIpc) is 3.60. The van der Waals surface area contributed by atoms with E-state index in [-0.39, 0.29) is 26.1 Å². The van der Waals surface area contributed by atoms with Gasteiger partial charge in [0.25, 0.3) is 0 Å². The monoisotopic (exact) mass is 631 g/mol. The highest BCUT2D eigenvalue weighted by atomic mass is 32.1. The van der Waals surface area contributed by atoms with Crippen LogP contribution < -0.4 is 10.6 Å². The van der Waals surface area contributed by atoms with Crippen LogP contribution in [0.1, 0.15) is 29.3 Å². The second-order valence-corrected chi connectivity index (χ2v) is 11.3. The van der Waals surface area contributed by atoms with Crippen LogP contribution in [0.4, 0.5) is 9.59 Å². The molecule has 4 rings (SSSR count). The highest BCUT2D eigenvalue weighted by molar-refractivity contribution is 7.09. The van der Waals surface area contributed by atoms with E-state index in [1.54, 1.807) is 17.9 Å². The molecule has 2 unspecified atom stereocenters. The molecule has 0 saturated carbocycles. The van der Waals surface area contributed by atoms with Crippen molar-refractivity contribution >= 4 is 29.4 Å². The summed E-state index contributed by atoms with van der Waals surface area (Å²) in [6, 6.07) is 21.3. The summed E-state index contributed by atoms with van der Waals surface area (Å²) in [6.45, 7) is 2.02. The number of hydrogen-bond donors (Lipinski definition) is 3. The van der Waals surface area contributed by atoms with Gasteiger partial charge in [0.2, 0.25) is 5.91 Å². The Balaban J connectivity index is 1.37. The number of nitrogens with one attached hydrogen (secondary N) is 2. The van der Waals surface area contributed by atoms with Gasteiger partial charge in [-0.1, -0.05) is 60.7 Å². The number of nitrogens with zero attached hydrogens (tertiary/aromatic N) is 3. The second kappa shape index (κ2) is 16.9. The van der Waals surface area contributed by atoms with Gasteiger partial charge in [-0.2, -0.15) is 0 Å². The number of aromatic nitrogens is 2. The molecule has 2 heterocycles. The Bertz CT molecular complexity index is 1490. The van der Waals surface area contributed by atoms with E-state index in [2.05, 4.69) is 20.6 Å². The summed E-state index contributed by atoms with van der Waals surface area (Å²) < 4.78 is 10.2. The number of benzene rings is 2. The molecule has 4 aromatic rings. The van der Waals surface area contributed by atoms with Gasteiger partial charge in [0.15, 0.2) is 0 Å². The van der Waals surface area contributed by atoms with Crippen LogP contribution in [0, 0.1) is 0 Å². The van der Waals surface area contributed by atoms with Crippen LogP contribution in [0.3, 0.4) is 0 Å². The zero-order valence-electron chi connectivity index (χ0n) is 25.2. The summed E-state index contributed by atoms with van der Waals surface area (Å²) in [7, 11) is 1.31. The standard InChI is InChI=1S/C33H37N5O6S/c1-23(36-32(41)44-21-27-19-34-22-45-27)31(40)37-29(18-24-8-4-3-5-9-24)30(39)15-17-38(33(42)43-2)20-25-11-13-26(14-12-25)28-10-6-7-16-35-28/h3-14,16,19,22-23,29-30,39H,15,17-18,20-21H2,1-2H3,(H,36,41)(H,37,40)/t23-,29?,30?/m0/s1. The molecule has 3 amide bonds. The number of thiazole rings is 1. The Morgan fingerprint density at radius 1 is 0.978 bits per heavy atom. The van der Waals surface area contributed by atoms with Crippen LogP contribution in [0.5, 0.6) is 0 Å². The maximum atomic E-state index is 13.1.